The van der Waals surface area contributed by atoms with Crippen LogP contribution in [0, 0.1) is 18.7 Å². The zero-order valence-corrected chi connectivity index (χ0v) is 12.1. The number of sulfone groups is 1. The Kier molecular flexibility index (Phi) is 3.90. The Hall–Kier alpha value is -0.320. The second-order valence-electron chi connectivity index (χ2n) is 4.69. The molecule has 1 heterocycles. The summed E-state index contributed by atoms with van der Waals surface area (Å²) in [6.07, 6.45) is 0.531. The van der Waals surface area contributed by atoms with Crippen molar-refractivity contribution >= 4 is 33.0 Å². The van der Waals surface area contributed by atoms with E-state index in [1.54, 1.807) is 13.0 Å². The van der Waals surface area contributed by atoms with Gasteiger partial charge in [0.2, 0.25) is 0 Å². The molecule has 2 nitrogen and oxygen atoms in total. The molecule has 2 unspecified atom stereocenters. The summed E-state index contributed by atoms with van der Waals surface area (Å²) in [5, 5.41) is -0.239. The Bertz CT molecular complexity index is 572. The van der Waals surface area contributed by atoms with Crippen molar-refractivity contribution in [2.75, 3.05) is 11.5 Å². The molecule has 6 heteroatoms. The summed E-state index contributed by atoms with van der Waals surface area (Å²) in [5.41, 5.74) is 1.07. The van der Waals surface area contributed by atoms with Crippen LogP contribution in [-0.4, -0.2) is 19.9 Å². The lowest BCUT2D eigenvalue weighted by atomic mass is 9.97. The van der Waals surface area contributed by atoms with E-state index in [-0.39, 0.29) is 28.3 Å². The van der Waals surface area contributed by atoms with E-state index in [9.17, 15) is 12.8 Å². The summed E-state index contributed by atoms with van der Waals surface area (Å²) >= 11 is 12.3. The topological polar surface area (TPSA) is 34.1 Å². The molecule has 1 fully saturated rings. The van der Waals surface area contributed by atoms with Gasteiger partial charge >= 0.3 is 0 Å². The van der Waals surface area contributed by atoms with Crippen LogP contribution in [0.15, 0.2) is 12.1 Å². The van der Waals surface area contributed by atoms with Gasteiger partial charge in [0, 0.05) is 5.02 Å². The average molecular weight is 311 g/mol. The first-order chi connectivity index (χ1) is 8.30. The fourth-order valence-corrected chi connectivity index (χ4v) is 4.86. The lowest BCUT2D eigenvalue weighted by molar-refractivity contribution is 0.566. The maximum atomic E-state index is 13.3. The molecule has 0 radical (unpaired) electrons. The molecule has 18 heavy (non-hydrogen) atoms. The van der Waals surface area contributed by atoms with Gasteiger partial charge in [-0.25, -0.2) is 12.8 Å². The van der Waals surface area contributed by atoms with E-state index < -0.39 is 15.2 Å². The molecular weight excluding hydrogens is 298 g/mol. The van der Waals surface area contributed by atoms with Crippen LogP contribution >= 0.6 is 23.2 Å². The van der Waals surface area contributed by atoms with Crippen molar-refractivity contribution in [3.63, 3.8) is 0 Å². The predicted molar refractivity (Wildman–Crippen MR) is 71.5 cm³/mol. The smallest absolute Gasteiger partial charge is 0.150 e. The number of benzene rings is 1. The molecule has 0 saturated carbocycles. The Morgan fingerprint density at radius 2 is 2.11 bits per heavy atom. The highest BCUT2D eigenvalue weighted by Crippen LogP contribution is 2.39. The highest BCUT2D eigenvalue weighted by molar-refractivity contribution is 7.91. The highest BCUT2D eigenvalue weighted by Gasteiger charge is 2.34. The molecule has 0 aliphatic carbocycles. The van der Waals surface area contributed by atoms with Crippen molar-refractivity contribution in [1.82, 2.24) is 0 Å². The Labute approximate surface area is 116 Å². The van der Waals surface area contributed by atoms with Gasteiger partial charge in [-0.15, -0.1) is 11.6 Å². The second kappa shape index (κ2) is 4.99. The van der Waals surface area contributed by atoms with E-state index in [0.29, 0.717) is 17.5 Å². The van der Waals surface area contributed by atoms with Crippen molar-refractivity contribution in [3.05, 3.63) is 34.1 Å². The third-order valence-electron chi connectivity index (χ3n) is 3.26. The van der Waals surface area contributed by atoms with Crippen LogP contribution in [0.3, 0.4) is 0 Å². The van der Waals surface area contributed by atoms with Gasteiger partial charge in [0.1, 0.15) is 5.82 Å². The van der Waals surface area contributed by atoms with Gasteiger partial charge in [0.15, 0.2) is 9.84 Å². The Balaban J connectivity index is 2.30. The third-order valence-corrected chi connectivity index (χ3v) is 5.97. The summed E-state index contributed by atoms with van der Waals surface area (Å²) in [6.45, 7) is 1.63. The van der Waals surface area contributed by atoms with Gasteiger partial charge in [-0.05, 0) is 36.5 Å². The van der Waals surface area contributed by atoms with Crippen molar-refractivity contribution in [2.24, 2.45) is 5.92 Å². The molecule has 100 valence electrons. The van der Waals surface area contributed by atoms with Gasteiger partial charge in [-0.3, -0.25) is 0 Å². The van der Waals surface area contributed by atoms with Crippen molar-refractivity contribution in [3.8, 4) is 0 Å². The second-order valence-corrected chi connectivity index (χ2v) is 7.79. The lowest BCUT2D eigenvalue weighted by Crippen LogP contribution is -2.11. The van der Waals surface area contributed by atoms with Crippen LogP contribution in [0.25, 0.3) is 0 Å². The quantitative estimate of drug-likeness (QED) is 0.783. The molecule has 1 aliphatic rings. The molecule has 1 aliphatic heterocycles. The molecule has 0 spiro atoms. The minimum absolute atomic E-state index is 0.0773. The largest absolute Gasteiger partial charge is 0.229 e. The van der Waals surface area contributed by atoms with Crippen molar-refractivity contribution in [2.45, 2.75) is 18.7 Å². The lowest BCUT2D eigenvalue weighted by Gasteiger charge is -2.18. The standard InChI is InChI=1S/C12H13Cl2FO2S/c1-7-4-9(10(13)5-11(7)15)12(14)8-2-3-18(16,17)6-8/h4-5,8,12H,2-3,6H2,1H3. The molecule has 2 rings (SSSR count). The molecule has 0 aromatic heterocycles. The highest BCUT2D eigenvalue weighted by atomic mass is 35.5. The SMILES string of the molecule is Cc1cc(C(Cl)C2CCS(=O)(=O)C2)c(Cl)cc1F. The predicted octanol–water partition coefficient (Wildman–Crippen LogP) is 3.50. The molecule has 1 saturated heterocycles. The zero-order valence-electron chi connectivity index (χ0n) is 9.79. The van der Waals surface area contributed by atoms with Gasteiger partial charge in [-0.2, -0.15) is 0 Å². The van der Waals surface area contributed by atoms with Crippen LogP contribution in [0.5, 0.6) is 0 Å². The summed E-state index contributed by atoms with van der Waals surface area (Å²) in [7, 11) is -2.98. The monoisotopic (exact) mass is 310 g/mol. The first-order valence-electron chi connectivity index (χ1n) is 5.60. The van der Waals surface area contributed by atoms with E-state index >= 15 is 0 Å². The summed E-state index contributed by atoms with van der Waals surface area (Å²) in [4.78, 5) is 0. The molecular formula is C12H13Cl2FO2S. The molecule has 2 atom stereocenters. The number of halogens is 3. The molecule has 0 N–H and O–H groups in total. The average Bonchev–Trinajstić information content (AvgIpc) is 2.63. The van der Waals surface area contributed by atoms with Crippen LogP contribution in [0.4, 0.5) is 4.39 Å². The maximum Gasteiger partial charge on any atom is 0.150 e. The van der Waals surface area contributed by atoms with E-state index in [2.05, 4.69) is 0 Å². The zero-order chi connectivity index (χ0) is 13.5. The van der Waals surface area contributed by atoms with Crippen LogP contribution in [0.1, 0.15) is 22.9 Å². The number of hydrogen-bond acceptors (Lipinski definition) is 2. The van der Waals surface area contributed by atoms with E-state index in [1.165, 1.54) is 6.07 Å². The Morgan fingerprint density at radius 1 is 1.44 bits per heavy atom. The van der Waals surface area contributed by atoms with Crippen molar-refractivity contribution < 1.29 is 12.8 Å². The normalized spacial score (nSPS) is 24.1. The Morgan fingerprint density at radius 3 is 2.67 bits per heavy atom. The summed E-state index contributed by atoms with van der Waals surface area (Å²) in [6, 6.07) is 2.82. The fraction of sp³-hybridized carbons (Fsp3) is 0.500. The number of aryl methyl sites for hydroxylation is 1. The van der Waals surface area contributed by atoms with Crippen LogP contribution < -0.4 is 0 Å². The van der Waals surface area contributed by atoms with E-state index in [1.807, 2.05) is 0 Å². The van der Waals surface area contributed by atoms with Gasteiger partial charge in [-0.1, -0.05) is 17.7 Å². The molecule has 0 amide bonds. The van der Waals surface area contributed by atoms with Gasteiger partial charge in [0.25, 0.3) is 0 Å². The van der Waals surface area contributed by atoms with E-state index in [4.69, 9.17) is 23.2 Å². The van der Waals surface area contributed by atoms with Crippen molar-refractivity contribution in [1.29, 1.82) is 0 Å². The fourth-order valence-electron chi connectivity index (χ4n) is 2.20. The summed E-state index contributed by atoms with van der Waals surface area (Å²) < 4.78 is 36.2. The van der Waals surface area contributed by atoms with Crippen LogP contribution in [-0.2, 0) is 9.84 Å². The van der Waals surface area contributed by atoms with Gasteiger partial charge < -0.3 is 0 Å². The molecule has 1 aromatic carbocycles. The minimum atomic E-state index is -2.98. The van der Waals surface area contributed by atoms with Gasteiger partial charge in [0.05, 0.1) is 16.9 Å². The number of hydrogen-bond donors (Lipinski definition) is 0. The summed E-state index contributed by atoms with van der Waals surface area (Å²) in [5.74, 6) is -0.294. The number of alkyl halides is 1. The van der Waals surface area contributed by atoms with E-state index in [0.717, 1.165) is 0 Å². The maximum absolute atomic E-state index is 13.3. The first kappa shape index (κ1) is 14.1. The number of rotatable bonds is 2. The molecule has 0 bridgehead atoms. The molecule has 1 aromatic rings. The van der Waals surface area contributed by atoms with Crippen LogP contribution in [0.2, 0.25) is 5.02 Å². The minimum Gasteiger partial charge on any atom is -0.229 e. The third kappa shape index (κ3) is 2.81. The first-order valence-corrected chi connectivity index (χ1v) is 8.24.